The third-order valence-electron chi connectivity index (χ3n) is 4.18. The van der Waals surface area contributed by atoms with Crippen LogP contribution in [0.3, 0.4) is 0 Å². The summed E-state index contributed by atoms with van der Waals surface area (Å²) in [4.78, 5) is 4.60. The van der Waals surface area contributed by atoms with E-state index in [4.69, 9.17) is 4.74 Å². The van der Waals surface area contributed by atoms with Crippen molar-refractivity contribution in [2.24, 2.45) is 0 Å². The first kappa shape index (κ1) is 14.2. The fraction of sp³-hybridized carbons (Fsp3) is 0.444. The molecule has 0 unspecified atom stereocenters. The van der Waals surface area contributed by atoms with Gasteiger partial charge in [-0.3, -0.25) is 0 Å². The fourth-order valence-electron chi connectivity index (χ4n) is 2.98. The highest BCUT2D eigenvalue weighted by Gasteiger charge is 2.20. The molecule has 3 nitrogen and oxygen atoms in total. The molecule has 0 radical (unpaired) electrons. The van der Waals surface area contributed by atoms with Gasteiger partial charge in [0.25, 0.3) is 0 Å². The molecular weight excluding hydrogens is 260 g/mol. The summed E-state index contributed by atoms with van der Waals surface area (Å²) in [6.07, 6.45) is 7.04. The molecule has 2 aliphatic rings. The summed E-state index contributed by atoms with van der Waals surface area (Å²) in [5.41, 5.74) is 5.42. The number of hydrogen-bond acceptors (Lipinski definition) is 3. The summed E-state index contributed by atoms with van der Waals surface area (Å²) in [5.74, 6) is 0. The van der Waals surface area contributed by atoms with Gasteiger partial charge < -0.3 is 14.5 Å². The minimum absolute atomic E-state index is 0.849. The van der Waals surface area contributed by atoms with E-state index in [1.54, 1.807) is 0 Å². The monoisotopic (exact) mass is 284 g/mol. The van der Waals surface area contributed by atoms with Crippen LogP contribution in [-0.2, 0) is 4.74 Å². The molecule has 1 aromatic rings. The van der Waals surface area contributed by atoms with Crippen LogP contribution < -0.4 is 4.90 Å². The molecule has 3 rings (SSSR count). The SMILES string of the molecule is CN(C)c1ccc(C=C2CCC=C2N2CCOCC2)cc1. The molecule has 0 amide bonds. The number of nitrogens with zero attached hydrogens (tertiary/aromatic N) is 2. The Morgan fingerprint density at radius 3 is 2.48 bits per heavy atom. The minimum Gasteiger partial charge on any atom is -0.378 e. The predicted molar refractivity (Wildman–Crippen MR) is 88.5 cm³/mol. The number of rotatable bonds is 3. The van der Waals surface area contributed by atoms with Crippen LogP contribution in [0.1, 0.15) is 18.4 Å². The molecule has 1 saturated heterocycles. The van der Waals surface area contributed by atoms with E-state index in [0.29, 0.717) is 0 Å². The van der Waals surface area contributed by atoms with Gasteiger partial charge in [-0.1, -0.05) is 18.2 Å². The van der Waals surface area contributed by atoms with Crippen molar-refractivity contribution in [3.8, 4) is 0 Å². The van der Waals surface area contributed by atoms with Crippen LogP contribution in [0.15, 0.2) is 41.6 Å². The lowest BCUT2D eigenvalue weighted by atomic mass is 10.1. The third kappa shape index (κ3) is 3.30. The lowest BCUT2D eigenvalue weighted by Gasteiger charge is -2.30. The average molecular weight is 284 g/mol. The van der Waals surface area contributed by atoms with Gasteiger partial charge in [-0.2, -0.15) is 0 Å². The highest BCUT2D eigenvalue weighted by atomic mass is 16.5. The Kier molecular flexibility index (Phi) is 4.30. The van der Waals surface area contributed by atoms with Gasteiger partial charge in [-0.15, -0.1) is 0 Å². The second kappa shape index (κ2) is 6.35. The first-order chi connectivity index (χ1) is 10.2. The van der Waals surface area contributed by atoms with E-state index in [1.165, 1.54) is 22.5 Å². The van der Waals surface area contributed by atoms with E-state index >= 15 is 0 Å². The summed E-state index contributed by atoms with van der Waals surface area (Å²) in [6.45, 7) is 3.73. The van der Waals surface area contributed by atoms with Crippen molar-refractivity contribution < 1.29 is 4.74 Å². The molecule has 112 valence electrons. The summed E-state index contributed by atoms with van der Waals surface area (Å²) in [6, 6.07) is 8.77. The predicted octanol–water partition coefficient (Wildman–Crippen LogP) is 3.15. The van der Waals surface area contributed by atoms with Crippen LogP contribution in [0.4, 0.5) is 5.69 Å². The zero-order valence-electron chi connectivity index (χ0n) is 13.0. The first-order valence-corrected chi connectivity index (χ1v) is 7.75. The topological polar surface area (TPSA) is 15.7 Å². The largest absolute Gasteiger partial charge is 0.378 e. The van der Waals surface area contributed by atoms with E-state index in [9.17, 15) is 0 Å². The Labute approximate surface area is 127 Å². The van der Waals surface area contributed by atoms with Gasteiger partial charge in [-0.05, 0) is 42.2 Å². The van der Waals surface area contributed by atoms with E-state index < -0.39 is 0 Å². The van der Waals surface area contributed by atoms with Crippen LogP contribution in [0.25, 0.3) is 6.08 Å². The van der Waals surface area contributed by atoms with Crippen molar-refractivity contribution >= 4 is 11.8 Å². The van der Waals surface area contributed by atoms with E-state index in [0.717, 1.165) is 39.1 Å². The molecule has 0 aromatic heterocycles. The number of benzene rings is 1. The van der Waals surface area contributed by atoms with E-state index in [-0.39, 0.29) is 0 Å². The van der Waals surface area contributed by atoms with E-state index in [1.807, 2.05) is 0 Å². The molecule has 1 heterocycles. The first-order valence-electron chi connectivity index (χ1n) is 7.75. The van der Waals surface area contributed by atoms with Gasteiger partial charge in [0.2, 0.25) is 0 Å². The van der Waals surface area contributed by atoms with Crippen LogP contribution in [-0.4, -0.2) is 45.3 Å². The average Bonchev–Trinajstić information content (AvgIpc) is 2.97. The summed E-state index contributed by atoms with van der Waals surface area (Å²) in [7, 11) is 4.15. The van der Waals surface area contributed by atoms with Gasteiger partial charge in [0, 0.05) is 38.6 Å². The number of ether oxygens (including phenoxy) is 1. The number of allylic oxidation sites excluding steroid dienone is 2. The molecular formula is C18H24N2O. The number of morpholine rings is 1. The maximum atomic E-state index is 5.46. The Balaban J connectivity index is 1.76. The van der Waals surface area contributed by atoms with Gasteiger partial charge in [0.05, 0.1) is 13.2 Å². The second-order valence-corrected chi connectivity index (χ2v) is 5.88. The quantitative estimate of drug-likeness (QED) is 0.848. The highest BCUT2D eigenvalue weighted by molar-refractivity contribution is 5.62. The fourth-order valence-corrected chi connectivity index (χ4v) is 2.98. The summed E-state index contributed by atoms with van der Waals surface area (Å²) < 4.78 is 5.46. The highest BCUT2D eigenvalue weighted by Crippen LogP contribution is 2.30. The van der Waals surface area contributed by atoms with Crippen molar-refractivity contribution in [1.82, 2.24) is 4.90 Å². The van der Waals surface area contributed by atoms with Crippen LogP contribution in [0, 0.1) is 0 Å². The normalized spacial score (nSPS) is 20.8. The second-order valence-electron chi connectivity index (χ2n) is 5.88. The molecule has 1 fully saturated rings. The molecule has 1 aliphatic carbocycles. The zero-order valence-corrected chi connectivity index (χ0v) is 13.0. The summed E-state index contributed by atoms with van der Waals surface area (Å²) >= 11 is 0. The lowest BCUT2D eigenvalue weighted by molar-refractivity contribution is 0.0550. The van der Waals surface area contributed by atoms with Crippen molar-refractivity contribution in [2.75, 3.05) is 45.3 Å². The van der Waals surface area contributed by atoms with Gasteiger partial charge in [-0.25, -0.2) is 0 Å². The van der Waals surface area contributed by atoms with Crippen molar-refractivity contribution in [1.29, 1.82) is 0 Å². The molecule has 1 aliphatic heterocycles. The van der Waals surface area contributed by atoms with Crippen LogP contribution >= 0.6 is 0 Å². The van der Waals surface area contributed by atoms with Crippen molar-refractivity contribution in [3.05, 3.63) is 47.2 Å². The Morgan fingerprint density at radius 1 is 1.10 bits per heavy atom. The van der Waals surface area contributed by atoms with Gasteiger partial charge in [0.15, 0.2) is 0 Å². The third-order valence-corrected chi connectivity index (χ3v) is 4.18. The van der Waals surface area contributed by atoms with Gasteiger partial charge >= 0.3 is 0 Å². The standard InChI is InChI=1S/C18H24N2O/c1-19(2)17-8-6-15(7-9-17)14-16-4-3-5-18(16)20-10-12-21-13-11-20/h5-9,14H,3-4,10-13H2,1-2H3. The summed E-state index contributed by atoms with van der Waals surface area (Å²) in [5, 5.41) is 0. The van der Waals surface area contributed by atoms with Crippen LogP contribution in [0.2, 0.25) is 0 Å². The maximum Gasteiger partial charge on any atom is 0.0642 e. The molecule has 0 bridgehead atoms. The van der Waals surface area contributed by atoms with Gasteiger partial charge in [0.1, 0.15) is 0 Å². The minimum atomic E-state index is 0.849. The smallest absolute Gasteiger partial charge is 0.0642 e. The lowest BCUT2D eigenvalue weighted by Crippen LogP contribution is -2.35. The molecule has 0 spiro atoms. The zero-order chi connectivity index (χ0) is 14.7. The van der Waals surface area contributed by atoms with E-state index in [2.05, 4.69) is 60.3 Å². The Morgan fingerprint density at radius 2 is 1.81 bits per heavy atom. The molecule has 0 N–H and O–H groups in total. The molecule has 1 aromatic carbocycles. The molecule has 0 saturated carbocycles. The molecule has 21 heavy (non-hydrogen) atoms. The molecule has 3 heteroatoms. The van der Waals surface area contributed by atoms with Crippen LogP contribution in [0.5, 0.6) is 0 Å². The number of anilines is 1. The maximum absolute atomic E-state index is 5.46. The Hall–Kier alpha value is -1.74. The van der Waals surface area contributed by atoms with Crippen molar-refractivity contribution in [3.63, 3.8) is 0 Å². The number of hydrogen-bond donors (Lipinski definition) is 0. The van der Waals surface area contributed by atoms with Crippen molar-refractivity contribution in [2.45, 2.75) is 12.8 Å². The molecule has 0 atom stereocenters. The Bertz CT molecular complexity index is 537.